The summed E-state index contributed by atoms with van der Waals surface area (Å²) < 4.78 is 0. The molecule has 2 saturated carbocycles. The number of rotatable bonds is 4. The lowest BCUT2D eigenvalue weighted by Gasteiger charge is -2.36. The van der Waals surface area contributed by atoms with Crippen molar-refractivity contribution in [2.75, 3.05) is 0 Å². The van der Waals surface area contributed by atoms with Gasteiger partial charge in [-0.15, -0.1) is 0 Å². The van der Waals surface area contributed by atoms with Crippen LogP contribution in [0.1, 0.15) is 99.3 Å². The molecule has 28 heavy (non-hydrogen) atoms. The van der Waals surface area contributed by atoms with Crippen LogP contribution in [0.25, 0.3) is 0 Å². The summed E-state index contributed by atoms with van der Waals surface area (Å²) in [7, 11) is 0. The largest absolute Gasteiger partial charge is 0.301 e. The molecule has 0 aromatic carbocycles. The minimum absolute atomic E-state index is 0.437. The van der Waals surface area contributed by atoms with Gasteiger partial charge in [-0.2, -0.15) is 0 Å². The third-order valence-corrected chi connectivity index (χ3v) is 8.07. The average molecular weight is 388 g/mol. The van der Waals surface area contributed by atoms with E-state index in [4.69, 9.17) is 9.98 Å². The monoisotopic (exact) mass is 387 g/mol. The van der Waals surface area contributed by atoms with E-state index in [1.165, 1.54) is 69.2 Å². The Hall–Kier alpha value is -0.700. The molecule has 0 bridgehead atoms. The molecule has 0 amide bonds. The number of piperidine rings is 1. The van der Waals surface area contributed by atoms with Crippen LogP contribution in [0.2, 0.25) is 0 Å². The summed E-state index contributed by atoms with van der Waals surface area (Å²) in [6.07, 6.45) is 11.9. The van der Waals surface area contributed by atoms with Crippen LogP contribution < -0.4 is 5.32 Å². The smallest absolute Gasteiger partial charge is 0.0550 e. The maximum atomic E-state index is 5.27. The van der Waals surface area contributed by atoms with E-state index in [0.717, 1.165) is 23.7 Å². The van der Waals surface area contributed by atoms with Gasteiger partial charge in [-0.25, -0.2) is 0 Å². The van der Waals surface area contributed by atoms with Gasteiger partial charge in [-0.3, -0.25) is 9.98 Å². The summed E-state index contributed by atoms with van der Waals surface area (Å²) in [5.41, 5.74) is 2.67. The fraction of sp³-hybridized carbons (Fsp3) is 0.920. The first-order chi connectivity index (χ1) is 13.4. The van der Waals surface area contributed by atoms with E-state index in [-0.39, 0.29) is 0 Å². The van der Waals surface area contributed by atoms with Crippen molar-refractivity contribution < 1.29 is 0 Å². The quantitative estimate of drug-likeness (QED) is 0.584. The molecular weight excluding hydrogens is 342 g/mol. The second-order valence-electron chi connectivity index (χ2n) is 10.5. The first-order valence-electron chi connectivity index (χ1n) is 12.2. The molecule has 0 aromatic heterocycles. The van der Waals surface area contributed by atoms with Gasteiger partial charge in [0.1, 0.15) is 0 Å². The van der Waals surface area contributed by atoms with Crippen LogP contribution in [0, 0.1) is 23.7 Å². The fourth-order valence-corrected chi connectivity index (χ4v) is 6.08. The van der Waals surface area contributed by atoms with Crippen molar-refractivity contribution in [3.8, 4) is 0 Å². The second-order valence-corrected chi connectivity index (χ2v) is 10.5. The summed E-state index contributed by atoms with van der Waals surface area (Å²) in [5.74, 6) is 2.93. The van der Waals surface area contributed by atoms with Crippen LogP contribution in [0.4, 0.5) is 0 Å². The SMILES string of the molecule is CC(=NC1C(C)CCC[C@H]1C)C1CCCC(C(C)=NC2C(C)CCC[C@@H]2C)N1. The Morgan fingerprint density at radius 2 is 0.893 bits per heavy atom. The third kappa shape index (κ3) is 5.26. The van der Waals surface area contributed by atoms with Crippen LogP contribution in [-0.4, -0.2) is 35.6 Å². The van der Waals surface area contributed by atoms with Gasteiger partial charge in [0.05, 0.1) is 12.1 Å². The predicted molar refractivity (Wildman–Crippen MR) is 123 cm³/mol. The molecule has 3 rings (SSSR count). The molecular formula is C25H45N3. The van der Waals surface area contributed by atoms with Crippen molar-refractivity contribution in [1.29, 1.82) is 0 Å². The Bertz CT molecular complexity index is 498. The Kier molecular flexibility index (Phi) is 7.75. The molecule has 6 unspecified atom stereocenters. The number of aliphatic imine (C=N–C) groups is 2. The van der Waals surface area contributed by atoms with Gasteiger partial charge in [-0.05, 0) is 82.5 Å². The zero-order chi connectivity index (χ0) is 20.3. The Labute approximate surface area is 174 Å². The summed E-state index contributed by atoms with van der Waals surface area (Å²) in [4.78, 5) is 10.5. The van der Waals surface area contributed by atoms with Gasteiger partial charge in [0.25, 0.3) is 0 Å². The molecule has 3 fully saturated rings. The van der Waals surface area contributed by atoms with Crippen molar-refractivity contribution in [2.24, 2.45) is 33.7 Å². The highest BCUT2D eigenvalue weighted by Gasteiger charge is 2.31. The van der Waals surface area contributed by atoms with Gasteiger partial charge in [0, 0.05) is 23.5 Å². The van der Waals surface area contributed by atoms with Crippen LogP contribution in [0.15, 0.2) is 9.98 Å². The maximum absolute atomic E-state index is 5.27. The molecule has 0 spiro atoms. The van der Waals surface area contributed by atoms with Crippen molar-refractivity contribution in [3.05, 3.63) is 0 Å². The molecule has 0 aromatic rings. The fourth-order valence-electron chi connectivity index (χ4n) is 6.08. The molecule has 1 saturated heterocycles. The average Bonchev–Trinajstić information content (AvgIpc) is 2.67. The van der Waals surface area contributed by atoms with E-state index >= 15 is 0 Å². The second kappa shape index (κ2) is 9.87. The van der Waals surface area contributed by atoms with E-state index in [9.17, 15) is 0 Å². The van der Waals surface area contributed by atoms with E-state index in [1.54, 1.807) is 0 Å². The summed E-state index contributed by atoms with van der Waals surface area (Å²) >= 11 is 0. The van der Waals surface area contributed by atoms with Crippen molar-refractivity contribution in [1.82, 2.24) is 5.32 Å². The van der Waals surface area contributed by atoms with Crippen LogP contribution in [0.3, 0.4) is 0 Å². The van der Waals surface area contributed by atoms with Crippen molar-refractivity contribution >= 4 is 11.4 Å². The molecule has 3 aliphatic rings. The Balaban J connectivity index is 1.66. The van der Waals surface area contributed by atoms with Crippen LogP contribution in [0.5, 0.6) is 0 Å². The van der Waals surface area contributed by atoms with Gasteiger partial charge in [0.2, 0.25) is 0 Å². The van der Waals surface area contributed by atoms with E-state index in [2.05, 4.69) is 46.9 Å². The number of hydrogen-bond donors (Lipinski definition) is 1. The molecule has 1 N–H and O–H groups in total. The lowest BCUT2D eigenvalue weighted by Crippen LogP contribution is -2.50. The molecule has 0 radical (unpaired) electrons. The molecule has 160 valence electrons. The number of hydrogen-bond acceptors (Lipinski definition) is 3. The Morgan fingerprint density at radius 1 is 0.571 bits per heavy atom. The predicted octanol–water partition coefficient (Wildman–Crippen LogP) is 6.07. The summed E-state index contributed by atoms with van der Waals surface area (Å²) in [5, 5.41) is 3.93. The molecule has 1 heterocycles. The van der Waals surface area contributed by atoms with Gasteiger partial charge in [0.15, 0.2) is 0 Å². The standard InChI is InChI=1S/C25H45N3/c1-16-10-7-11-17(2)24(16)26-20(5)22-14-9-15-23(28-22)21(6)27-25-18(3)12-8-13-19(25)4/h16-19,22-25,28H,7-15H2,1-6H3/t16-,17?,18+,19?,22?,23?,24?,25?. The van der Waals surface area contributed by atoms with Gasteiger partial charge in [-0.1, -0.05) is 40.5 Å². The highest BCUT2D eigenvalue weighted by molar-refractivity contribution is 5.91. The molecule has 2 aliphatic carbocycles. The molecule has 3 heteroatoms. The maximum Gasteiger partial charge on any atom is 0.0550 e. The number of nitrogens with one attached hydrogen (secondary N) is 1. The first kappa shape index (κ1) is 22.0. The third-order valence-electron chi connectivity index (χ3n) is 8.07. The van der Waals surface area contributed by atoms with E-state index in [1.807, 2.05) is 0 Å². The van der Waals surface area contributed by atoms with E-state index < -0.39 is 0 Å². The molecule has 3 nitrogen and oxygen atoms in total. The normalized spacial score (nSPS) is 43.8. The van der Waals surface area contributed by atoms with Crippen LogP contribution in [-0.2, 0) is 0 Å². The summed E-state index contributed by atoms with van der Waals surface area (Å²) in [6, 6.07) is 1.92. The van der Waals surface area contributed by atoms with Gasteiger partial charge < -0.3 is 5.32 Å². The van der Waals surface area contributed by atoms with Crippen molar-refractivity contribution in [2.45, 2.75) is 123 Å². The molecule has 1 aliphatic heterocycles. The van der Waals surface area contributed by atoms with Crippen LogP contribution >= 0.6 is 0 Å². The summed E-state index contributed by atoms with van der Waals surface area (Å²) in [6.45, 7) is 14.1. The zero-order valence-electron chi connectivity index (χ0n) is 19.4. The highest BCUT2D eigenvalue weighted by Crippen LogP contribution is 2.33. The number of nitrogens with zero attached hydrogens (tertiary/aromatic N) is 2. The van der Waals surface area contributed by atoms with E-state index in [0.29, 0.717) is 24.2 Å². The highest BCUT2D eigenvalue weighted by atomic mass is 15.0. The Morgan fingerprint density at radius 3 is 1.25 bits per heavy atom. The van der Waals surface area contributed by atoms with Crippen molar-refractivity contribution in [3.63, 3.8) is 0 Å². The van der Waals surface area contributed by atoms with Gasteiger partial charge >= 0.3 is 0 Å². The lowest BCUT2D eigenvalue weighted by atomic mass is 9.78. The topological polar surface area (TPSA) is 36.8 Å². The minimum atomic E-state index is 0.437. The molecule has 8 atom stereocenters. The zero-order valence-corrected chi connectivity index (χ0v) is 19.4. The lowest BCUT2D eigenvalue weighted by molar-refractivity contribution is 0.250. The minimum Gasteiger partial charge on any atom is -0.301 e. The first-order valence-corrected chi connectivity index (χ1v) is 12.2.